The molecule has 2 aromatic heterocycles. The molecule has 3 heterocycles. The van der Waals surface area contributed by atoms with Crippen molar-refractivity contribution in [3.8, 4) is 0 Å². The Morgan fingerprint density at radius 1 is 0.889 bits per heavy atom. The zero-order valence-corrected chi connectivity index (χ0v) is 33.2. The number of alkyl carbamates (subject to hydrolysis) is 1. The molecule has 5 rings (SSSR count). The summed E-state index contributed by atoms with van der Waals surface area (Å²) < 4.78 is 5.53. The lowest BCUT2D eigenvalue weighted by Crippen LogP contribution is -2.54. The van der Waals surface area contributed by atoms with Gasteiger partial charge in [0.1, 0.15) is 12.6 Å². The van der Waals surface area contributed by atoms with Crippen LogP contribution in [0, 0.1) is 0 Å². The van der Waals surface area contributed by atoms with Gasteiger partial charge in [0.15, 0.2) is 0 Å². The number of carbonyl (C=O) groups is 3. The van der Waals surface area contributed by atoms with Crippen LogP contribution in [0.25, 0.3) is 0 Å². The van der Waals surface area contributed by atoms with Gasteiger partial charge in [-0.25, -0.2) is 14.6 Å². The van der Waals surface area contributed by atoms with Crippen molar-refractivity contribution in [3.63, 3.8) is 0 Å². The number of rotatable bonds is 19. The molecule has 0 unspecified atom stereocenters. The molecule has 2 aromatic carbocycles. The van der Waals surface area contributed by atoms with Crippen LogP contribution in [0.5, 0.6) is 0 Å². The molecule has 4 amide bonds. The number of aromatic nitrogens is 2. The minimum absolute atomic E-state index is 0.153. The minimum Gasteiger partial charge on any atom is -0.444 e. The Bertz CT molecular complexity index is 1700. The smallest absolute Gasteiger partial charge is 0.407 e. The third kappa shape index (κ3) is 13.8. The van der Waals surface area contributed by atoms with Crippen LogP contribution in [0.15, 0.2) is 77.8 Å². The fourth-order valence-corrected chi connectivity index (χ4v) is 7.69. The van der Waals surface area contributed by atoms with Crippen LogP contribution >= 0.6 is 22.7 Å². The molecular formula is C40H54N8O4S2. The van der Waals surface area contributed by atoms with Gasteiger partial charge in [0.05, 0.1) is 27.6 Å². The number of carbonyl (C=O) groups excluding carboxylic acids is 3. The molecule has 0 aliphatic carbocycles. The van der Waals surface area contributed by atoms with E-state index in [4.69, 9.17) is 9.72 Å². The van der Waals surface area contributed by atoms with E-state index in [1.54, 1.807) is 35.0 Å². The van der Waals surface area contributed by atoms with Gasteiger partial charge in [-0.2, -0.15) is 0 Å². The van der Waals surface area contributed by atoms with E-state index >= 15 is 0 Å². The number of urea groups is 1. The van der Waals surface area contributed by atoms with Gasteiger partial charge in [0, 0.05) is 69.3 Å². The molecule has 4 N–H and O–H groups in total. The zero-order valence-electron chi connectivity index (χ0n) is 31.5. The van der Waals surface area contributed by atoms with Gasteiger partial charge in [0.2, 0.25) is 5.91 Å². The predicted molar refractivity (Wildman–Crippen MR) is 215 cm³/mol. The SMILES string of the molecule is CC(C)c1nc(CN(C)C(=O)N[C@@H](CCN2CCNCC2)C(=O)N[C@H](CC[C@H](Cc2ccccc2)NC(=O)OCc2cncs2)Cc2ccccc2)cs1. The number of nitrogens with zero attached hydrogens (tertiary/aromatic N) is 4. The Labute approximate surface area is 327 Å². The third-order valence-corrected chi connectivity index (χ3v) is 11.3. The number of hydrogen-bond acceptors (Lipinski definition) is 10. The Morgan fingerprint density at radius 3 is 2.13 bits per heavy atom. The van der Waals surface area contributed by atoms with Crippen LogP contribution in [-0.2, 0) is 35.5 Å². The Hall–Kier alpha value is -4.37. The maximum Gasteiger partial charge on any atom is 0.407 e. The van der Waals surface area contributed by atoms with E-state index in [9.17, 15) is 14.4 Å². The molecule has 4 aromatic rings. The zero-order chi connectivity index (χ0) is 38.1. The summed E-state index contributed by atoms with van der Waals surface area (Å²) in [5.74, 6) is 0.0947. The lowest BCUT2D eigenvalue weighted by Gasteiger charge is -2.30. The van der Waals surface area contributed by atoms with Gasteiger partial charge in [-0.3, -0.25) is 9.78 Å². The van der Waals surface area contributed by atoms with Crippen molar-refractivity contribution in [1.82, 2.24) is 41.0 Å². The fraction of sp³-hybridized carbons (Fsp3) is 0.475. The first-order valence-corrected chi connectivity index (χ1v) is 20.6. The van der Waals surface area contributed by atoms with E-state index < -0.39 is 12.1 Å². The second-order valence-corrected chi connectivity index (χ2v) is 16.0. The van der Waals surface area contributed by atoms with Crippen molar-refractivity contribution in [2.24, 2.45) is 0 Å². The third-order valence-electron chi connectivity index (χ3n) is 9.38. The van der Waals surface area contributed by atoms with Crippen LogP contribution in [0.1, 0.15) is 65.7 Å². The maximum atomic E-state index is 14.2. The topological polar surface area (TPSA) is 141 Å². The van der Waals surface area contributed by atoms with Gasteiger partial charge >= 0.3 is 12.1 Å². The molecule has 0 saturated carbocycles. The van der Waals surface area contributed by atoms with E-state index in [1.807, 2.05) is 53.9 Å². The highest BCUT2D eigenvalue weighted by atomic mass is 32.1. The Morgan fingerprint density at radius 2 is 1.54 bits per heavy atom. The highest BCUT2D eigenvalue weighted by Gasteiger charge is 2.27. The highest BCUT2D eigenvalue weighted by molar-refractivity contribution is 7.09. The molecule has 1 fully saturated rings. The summed E-state index contributed by atoms with van der Waals surface area (Å²) in [5.41, 5.74) is 4.72. The molecule has 3 atom stereocenters. The molecule has 1 saturated heterocycles. The van der Waals surface area contributed by atoms with Crippen molar-refractivity contribution >= 4 is 40.7 Å². The summed E-state index contributed by atoms with van der Waals surface area (Å²) >= 11 is 3.03. The maximum absolute atomic E-state index is 14.2. The number of benzene rings is 2. The van der Waals surface area contributed by atoms with Crippen molar-refractivity contribution in [3.05, 3.63) is 104 Å². The molecule has 0 bridgehead atoms. The number of ether oxygens (including phenoxy) is 1. The average Bonchev–Trinajstić information content (AvgIpc) is 3.89. The van der Waals surface area contributed by atoms with Crippen LogP contribution in [-0.4, -0.2) is 95.7 Å². The highest BCUT2D eigenvalue weighted by Crippen LogP contribution is 2.20. The van der Waals surface area contributed by atoms with Crippen LogP contribution in [0.2, 0.25) is 0 Å². The predicted octanol–water partition coefficient (Wildman–Crippen LogP) is 5.57. The first-order valence-electron chi connectivity index (χ1n) is 18.8. The van der Waals surface area contributed by atoms with Gasteiger partial charge < -0.3 is 35.8 Å². The van der Waals surface area contributed by atoms with E-state index in [1.165, 1.54) is 11.3 Å². The molecule has 0 spiro atoms. The van der Waals surface area contributed by atoms with Crippen molar-refractivity contribution in [2.45, 2.75) is 83.1 Å². The second kappa shape index (κ2) is 21.5. The van der Waals surface area contributed by atoms with Gasteiger partial charge in [-0.1, -0.05) is 74.5 Å². The lowest BCUT2D eigenvalue weighted by molar-refractivity contribution is -0.124. The first-order chi connectivity index (χ1) is 26.2. The summed E-state index contributed by atoms with van der Waals surface area (Å²) in [6, 6.07) is 18.5. The monoisotopic (exact) mass is 774 g/mol. The molecule has 12 nitrogen and oxygen atoms in total. The number of piperazine rings is 1. The molecule has 0 radical (unpaired) electrons. The van der Waals surface area contributed by atoms with E-state index in [0.717, 1.165) is 52.9 Å². The van der Waals surface area contributed by atoms with Gasteiger partial charge in [-0.05, 0) is 43.2 Å². The average molecular weight is 775 g/mol. The van der Waals surface area contributed by atoms with Crippen molar-refractivity contribution < 1.29 is 19.1 Å². The minimum atomic E-state index is -0.741. The number of thiazole rings is 2. The second-order valence-electron chi connectivity index (χ2n) is 14.1. The largest absolute Gasteiger partial charge is 0.444 e. The van der Waals surface area contributed by atoms with Crippen LogP contribution < -0.4 is 21.3 Å². The standard InChI is InChI=1S/C40H54N8O4S2/c1-29(2)38-44-34(27-53-38)25-47(3)39(50)46-36(16-19-48-20-17-41-18-21-48)37(49)43-32(22-30-10-6-4-7-11-30)14-15-33(23-31-12-8-5-9-13-31)45-40(51)52-26-35-24-42-28-54-35/h4-13,24,27-29,32-33,36,41H,14-23,25-26H2,1-3H3,(H,43,49)(H,45,51)(H,46,50)/t32-,33-,36+/m1/s1. The molecule has 54 heavy (non-hydrogen) atoms. The van der Waals surface area contributed by atoms with Crippen molar-refractivity contribution in [2.75, 3.05) is 39.8 Å². The lowest BCUT2D eigenvalue weighted by atomic mass is 9.95. The van der Waals surface area contributed by atoms with Crippen LogP contribution in [0.3, 0.4) is 0 Å². The summed E-state index contributed by atoms with van der Waals surface area (Å²) in [4.78, 5) is 54.3. The summed E-state index contributed by atoms with van der Waals surface area (Å²) in [6.45, 7) is 8.97. The number of amides is 4. The van der Waals surface area contributed by atoms with Crippen molar-refractivity contribution in [1.29, 1.82) is 0 Å². The number of nitrogens with one attached hydrogen (secondary N) is 4. The van der Waals surface area contributed by atoms with E-state index in [0.29, 0.717) is 51.1 Å². The summed E-state index contributed by atoms with van der Waals surface area (Å²) in [5, 5.41) is 15.9. The van der Waals surface area contributed by atoms with Gasteiger partial charge in [0.25, 0.3) is 0 Å². The Kier molecular flexibility index (Phi) is 16.2. The number of hydrogen-bond donors (Lipinski definition) is 4. The Balaban J connectivity index is 1.28. The molecule has 290 valence electrons. The molecule has 1 aliphatic heterocycles. The van der Waals surface area contributed by atoms with E-state index in [2.05, 4.69) is 57.1 Å². The quantitative estimate of drug-likeness (QED) is 0.0970. The summed E-state index contributed by atoms with van der Waals surface area (Å²) in [6.07, 6.45) is 4.06. The molecule has 14 heteroatoms. The normalized spacial score (nSPS) is 14.9. The molecular weight excluding hydrogens is 721 g/mol. The molecule has 1 aliphatic rings. The fourth-order valence-electron chi connectivity index (χ4n) is 6.36. The van der Waals surface area contributed by atoms with E-state index in [-0.39, 0.29) is 30.6 Å². The summed E-state index contributed by atoms with van der Waals surface area (Å²) in [7, 11) is 1.73. The first kappa shape index (κ1) is 40.8. The van der Waals surface area contributed by atoms with Crippen LogP contribution in [0.4, 0.5) is 9.59 Å². The van der Waals surface area contributed by atoms with Gasteiger partial charge in [-0.15, -0.1) is 22.7 Å².